The molecule has 3 rings (SSSR count). The van der Waals surface area contributed by atoms with Gasteiger partial charge in [-0.3, -0.25) is 4.79 Å². The van der Waals surface area contributed by atoms with Crippen molar-refractivity contribution >= 4 is 23.7 Å². The van der Waals surface area contributed by atoms with E-state index in [2.05, 4.69) is 10.5 Å². The summed E-state index contributed by atoms with van der Waals surface area (Å²) in [5, 5.41) is 13.1. The zero-order valence-corrected chi connectivity index (χ0v) is 15.0. The van der Waals surface area contributed by atoms with Crippen LogP contribution in [0.15, 0.2) is 41.5 Å². The van der Waals surface area contributed by atoms with Gasteiger partial charge in [0.2, 0.25) is 0 Å². The monoisotopic (exact) mass is 385 g/mol. The number of hydrogen-bond acceptors (Lipinski definition) is 6. The molecule has 2 aromatic rings. The fourth-order valence-electron chi connectivity index (χ4n) is 2.31. The Bertz CT molecular complexity index is 891. The molecule has 1 aliphatic rings. The maximum absolute atomic E-state index is 11.8. The second-order valence-electron chi connectivity index (χ2n) is 5.60. The number of halogens is 1. The Morgan fingerprint density at radius 2 is 2.07 bits per heavy atom. The highest BCUT2D eigenvalue weighted by Crippen LogP contribution is 2.37. The van der Waals surface area contributed by atoms with E-state index in [1.165, 1.54) is 6.21 Å². The summed E-state index contributed by atoms with van der Waals surface area (Å²) < 4.78 is 16.5. The minimum atomic E-state index is -0.420. The Labute approximate surface area is 161 Å². The number of ether oxygens (including phenoxy) is 3. The van der Waals surface area contributed by atoms with Gasteiger partial charge >= 0.3 is 0 Å². The summed E-state index contributed by atoms with van der Waals surface area (Å²) in [6.07, 6.45) is 2.24. The molecule has 27 heavy (non-hydrogen) atoms. The largest absolute Gasteiger partial charge is 0.489 e. The Hall–Kier alpha value is -3.24. The normalized spacial score (nSPS) is 12.9. The van der Waals surface area contributed by atoms with Crippen LogP contribution in [0.2, 0.25) is 5.02 Å². The predicted molar refractivity (Wildman–Crippen MR) is 99.4 cm³/mol. The van der Waals surface area contributed by atoms with Gasteiger partial charge in [-0.15, -0.1) is 0 Å². The summed E-state index contributed by atoms with van der Waals surface area (Å²) >= 11 is 6.21. The lowest BCUT2D eigenvalue weighted by Gasteiger charge is -2.09. The van der Waals surface area contributed by atoms with Gasteiger partial charge in [0.05, 0.1) is 36.1 Å². The standard InChI is InChI=1S/C19H16ClN3O4/c20-16-8-14(9-17-19(16)26-7-1-6-25-17)11-22-23-18(24)12-27-15-4-2-13(10-21)3-5-15/h2-5,8-9,11H,1,6-7,12H2,(H,23,24)/b22-11-. The van der Waals surface area contributed by atoms with E-state index >= 15 is 0 Å². The van der Waals surface area contributed by atoms with E-state index in [0.29, 0.717) is 46.6 Å². The van der Waals surface area contributed by atoms with Crippen molar-refractivity contribution in [2.24, 2.45) is 5.10 Å². The molecular formula is C19H16ClN3O4. The van der Waals surface area contributed by atoms with Crippen molar-refractivity contribution in [3.63, 3.8) is 0 Å². The first-order valence-electron chi connectivity index (χ1n) is 8.20. The van der Waals surface area contributed by atoms with Gasteiger partial charge in [0.1, 0.15) is 5.75 Å². The van der Waals surface area contributed by atoms with Crippen molar-refractivity contribution in [2.45, 2.75) is 6.42 Å². The molecule has 0 spiro atoms. The van der Waals surface area contributed by atoms with Crippen molar-refractivity contribution in [2.75, 3.05) is 19.8 Å². The van der Waals surface area contributed by atoms with Crippen LogP contribution in [0, 0.1) is 11.3 Å². The summed E-state index contributed by atoms with van der Waals surface area (Å²) in [7, 11) is 0. The quantitative estimate of drug-likeness (QED) is 0.631. The highest BCUT2D eigenvalue weighted by molar-refractivity contribution is 6.32. The number of fused-ring (bicyclic) bond motifs is 1. The van der Waals surface area contributed by atoms with Crippen molar-refractivity contribution in [3.8, 4) is 23.3 Å². The summed E-state index contributed by atoms with van der Waals surface area (Å²) in [6.45, 7) is 0.897. The van der Waals surface area contributed by atoms with Gasteiger partial charge in [-0.1, -0.05) is 11.6 Å². The molecule has 8 heteroatoms. The smallest absolute Gasteiger partial charge is 0.277 e. The Balaban J connectivity index is 1.53. The van der Waals surface area contributed by atoms with Crippen molar-refractivity contribution in [1.82, 2.24) is 5.43 Å². The number of benzene rings is 2. The Morgan fingerprint density at radius 1 is 1.30 bits per heavy atom. The minimum absolute atomic E-state index is 0.203. The van der Waals surface area contributed by atoms with Gasteiger partial charge < -0.3 is 14.2 Å². The number of carbonyl (C=O) groups is 1. The predicted octanol–water partition coefficient (Wildman–Crippen LogP) is 2.90. The van der Waals surface area contributed by atoms with Crippen LogP contribution < -0.4 is 19.6 Å². The van der Waals surface area contributed by atoms with Crippen LogP contribution in [0.3, 0.4) is 0 Å². The van der Waals surface area contributed by atoms with E-state index < -0.39 is 5.91 Å². The lowest BCUT2D eigenvalue weighted by molar-refractivity contribution is -0.123. The third-order valence-electron chi connectivity index (χ3n) is 3.58. The number of hydrogen-bond donors (Lipinski definition) is 1. The maximum Gasteiger partial charge on any atom is 0.277 e. The van der Waals surface area contributed by atoms with Gasteiger partial charge in [-0.2, -0.15) is 10.4 Å². The highest BCUT2D eigenvalue weighted by atomic mass is 35.5. The van der Waals surface area contributed by atoms with Crippen LogP contribution in [0.4, 0.5) is 0 Å². The van der Waals surface area contributed by atoms with Crippen LogP contribution in [-0.2, 0) is 4.79 Å². The Kier molecular flexibility index (Phi) is 6.13. The molecule has 1 aliphatic heterocycles. The summed E-state index contributed by atoms with van der Waals surface area (Å²) in [5.74, 6) is 1.14. The topological polar surface area (TPSA) is 92.9 Å². The van der Waals surface area contributed by atoms with Crippen LogP contribution in [0.25, 0.3) is 0 Å². The van der Waals surface area contributed by atoms with Crippen molar-refractivity contribution in [1.29, 1.82) is 5.26 Å². The van der Waals surface area contributed by atoms with Crippen LogP contribution in [-0.4, -0.2) is 31.9 Å². The van der Waals surface area contributed by atoms with E-state index in [4.69, 9.17) is 31.1 Å². The second-order valence-corrected chi connectivity index (χ2v) is 6.01. The number of nitriles is 1. The molecule has 0 fully saturated rings. The van der Waals surface area contributed by atoms with Gasteiger partial charge in [0.25, 0.3) is 5.91 Å². The third kappa shape index (κ3) is 5.12. The summed E-state index contributed by atoms with van der Waals surface area (Å²) in [4.78, 5) is 11.8. The first-order valence-corrected chi connectivity index (χ1v) is 8.57. The molecule has 0 unspecified atom stereocenters. The van der Waals surface area contributed by atoms with E-state index in [1.54, 1.807) is 36.4 Å². The average Bonchev–Trinajstić information content (AvgIpc) is 2.93. The number of hydrazone groups is 1. The van der Waals surface area contributed by atoms with Crippen LogP contribution >= 0.6 is 11.6 Å². The summed E-state index contributed by atoms with van der Waals surface area (Å²) in [6, 6.07) is 11.9. The first kappa shape index (κ1) is 18.5. The van der Waals surface area contributed by atoms with E-state index in [1.807, 2.05) is 6.07 Å². The van der Waals surface area contributed by atoms with Crippen LogP contribution in [0.5, 0.6) is 17.2 Å². The SMILES string of the molecule is N#Cc1ccc(OCC(=O)N/N=C\c2cc(Cl)c3c(c2)OCCCO3)cc1. The molecule has 1 N–H and O–H groups in total. The van der Waals surface area contributed by atoms with Gasteiger partial charge in [-0.25, -0.2) is 5.43 Å². The molecule has 1 heterocycles. The molecular weight excluding hydrogens is 370 g/mol. The zero-order chi connectivity index (χ0) is 19.1. The lowest BCUT2D eigenvalue weighted by Crippen LogP contribution is -2.24. The molecule has 138 valence electrons. The van der Waals surface area contributed by atoms with E-state index in [0.717, 1.165) is 6.42 Å². The molecule has 0 aromatic heterocycles. The summed E-state index contributed by atoms with van der Waals surface area (Å²) in [5.41, 5.74) is 3.56. The highest BCUT2D eigenvalue weighted by Gasteiger charge is 2.15. The maximum atomic E-state index is 11.8. The van der Waals surface area contributed by atoms with Gasteiger partial charge in [0, 0.05) is 6.42 Å². The third-order valence-corrected chi connectivity index (χ3v) is 3.86. The number of rotatable bonds is 5. The first-order chi connectivity index (χ1) is 13.2. The molecule has 1 amide bonds. The van der Waals surface area contributed by atoms with Crippen LogP contribution in [0.1, 0.15) is 17.5 Å². The molecule has 0 bridgehead atoms. The molecule has 7 nitrogen and oxygen atoms in total. The lowest BCUT2D eigenvalue weighted by atomic mass is 10.2. The van der Waals surface area contributed by atoms with E-state index in [9.17, 15) is 4.79 Å². The Morgan fingerprint density at radius 3 is 2.85 bits per heavy atom. The fraction of sp³-hybridized carbons (Fsp3) is 0.211. The molecule has 0 saturated carbocycles. The number of amides is 1. The van der Waals surface area contributed by atoms with E-state index in [-0.39, 0.29) is 6.61 Å². The molecule has 0 aliphatic carbocycles. The fourth-order valence-corrected chi connectivity index (χ4v) is 2.58. The number of carbonyl (C=O) groups excluding carboxylic acids is 1. The van der Waals surface area contributed by atoms with Gasteiger partial charge in [0.15, 0.2) is 18.1 Å². The molecule has 0 saturated heterocycles. The molecule has 0 radical (unpaired) electrons. The minimum Gasteiger partial charge on any atom is -0.489 e. The van der Waals surface area contributed by atoms with Gasteiger partial charge in [-0.05, 0) is 42.0 Å². The number of nitrogens with one attached hydrogen (secondary N) is 1. The van der Waals surface area contributed by atoms with Crippen molar-refractivity contribution < 1.29 is 19.0 Å². The second kappa shape index (κ2) is 8.92. The zero-order valence-electron chi connectivity index (χ0n) is 14.3. The number of nitrogens with zero attached hydrogens (tertiary/aromatic N) is 2. The van der Waals surface area contributed by atoms with Crippen molar-refractivity contribution in [3.05, 3.63) is 52.5 Å². The average molecular weight is 386 g/mol. The molecule has 2 aromatic carbocycles. The molecule has 0 atom stereocenters.